The second-order valence-electron chi connectivity index (χ2n) is 1.40. The van der Waals surface area contributed by atoms with Crippen molar-refractivity contribution in [1.29, 1.82) is 0 Å². The fourth-order valence-corrected chi connectivity index (χ4v) is 50.2. The SMILES string of the molecule is BrP1(Br)=N[NH2+]NP(Br)(Br)=P1.[Br-].[Br-]. The molecule has 12 heavy (non-hydrogen) atoms. The van der Waals surface area contributed by atoms with Gasteiger partial charge in [-0.2, -0.15) is 0 Å². The molecule has 0 aromatic carbocycles. The van der Waals surface area contributed by atoms with Crippen LogP contribution in [0.3, 0.4) is 0 Å². The van der Waals surface area contributed by atoms with Crippen molar-refractivity contribution in [2.75, 3.05) is 0 Å². The fourth-order valence-electron chi connectivity index (χ4n) is 0.349. The van der Waals surface area contributed by atoms with Crippen molar-refractivity contribution in [3.05, 3.63) is 0 Å². The van der Waals surface area contributed by atoms with E-state index in [0.717, 1.165) is 0 Å². The third-order valence-corrected chi connectivity index (χ3v) is 25.5. The van der Waals surface area contributed by atoms with E-state index in [1.165, 1.54) is 7.56 Å². The standard InChI is InChI=1S/Br4H2N3P3.2BrH/c1-9(2)6-5-7-10(3,4)8-9;;/h5-6H;2*1H/p-1. The Balaban J connectivity index is 0. The predicted octanol–water partition coefficient (Wildman–Crippen LogP) is -1.86. The molecular weight excluding hydrogens is 614 g/mol. The molecule has 0 atom stereocenters. The van der Waals surface area contributed by atoms with Crippen molar-refractivity contribution >= 4 is 77.8 Å². The minimum atomic E-state index is -1.40. The second-order valence-corrected chi connectivity index (χ2v) is 34.5. The zero-order valence-electron chi connectivity index (χ0n) is 5.13. The van der Waals surface area contributed by atoms with Crippen LogP contribution in [0.15, 0.2) is 4.85 Å². The number of nitrogens with one attached hydrogen (secondary N) is 1. The van der Waals surface area contributed by atoms with E-state index in [1.54, 1.807) is 5.53 Å². The van der Waals surface area contributed by atoms with Crippen molar-refractivity contribution in [3.8, 4) is 0 Å². The Morgan fingerprint density at radius 3 is 1.92 bits per heavy atom. The molecule has 0 spiro atoms. The van der Waals surface area contributed by atoms with Crippen molar-refractivity contribution in [2.45, 2.75) is 0 Å². The third kappa shape index (κ3) is 7.10. The van der Waals surface area contributed by atoms with E-state index in [-0.39, 0.29) is 34.0 Å². The Labute approximate surface area is 125 Å². The van der Waals surface area contributed by atoms with Crippen molar-refractivity contribution in [2.24, 2.45) is 4.85 Å². The average molecular weight is 617 g/mol. The highest BCUT2D eigenvalue weighted by atomic mass is 79.9. The van der Waals surface area contributed by atoms with Gasteiger partial charge in [0.25, 0.3) is 0 Å². The van der Waals surface area contributed by atoms with Gasteiger partial charge in [0.2, 0.25) is 4.15 Å². The van der Waals surface area contributed by atoms with E-state index in [2.05, 4.69) is 72.0 Å². The molecule has 0 saturated carbocycles. The number of hydrogen-bond donors (Lipinski definition) is 2. The molecule has 0 aromatic heterocycles. The minimum Gasteiger partial charge on any atom is -1.00 e. The molecule has 12 heteroatoms. The monoisotopic (exact) mass is 611 g/mol. The van der Waals surface area contributed by atoms with Gasteiger partial charge in [0.05, 0.1) is 0 Å². The lowest BCUT2D eigenvalue weighted by molar-refractivity contribution is -0.694. The van der Waals surface area contributed by atoms with Crippen LogP contribution >= 0.6 is 77.8 Å². The van der Waals surface area contributed by atoms with Crippen LogP contribution < -0.4 is 44.7 Å². The highest BCUT2D eigenvalue weighted by molar-refractivity contribution is 9.81. The van der Waals surface area contributed by atoms with Crippen LogP contribution in [0.2, 0.25) is 0 Å². The molecule has 3 nitrogen and oxygen atoms in total. The topological polar surface area (TPSA) is 41.0 Å². The van der Waals surface area contributed by atoms with Gasteiger partial charge in [0, 0.05) is 7.56 Å². The maximum atomic E-state index is 4.22. The van der Waals surface area contributed by atoms with Crippen LogP contribution in [-0.2, 0) is 0 Å². The van der Waals surface area contributed by atoms with Gasteiger partial charge in [0.15, 0.2) is 4.10 Å². The molecule has 0 aliphatic carbocycles. The highest BCUT2D eigenvalue weighted by Crippen LogP contribution is 2.86. The molecule has 0 amide bonds. The average Bonchev–Trinajstić information content (AvgIpc) is 1.56. The first-order valence-corrected chi connectivity index (χ1v) is 16.0. The van der Waals surface area contributed by atoms with Gasteiger partial charge in [-0.05, 0) is 62.0 Å². The molecule has 0 saturated heterocycles. The summed E-state index contributed by atoms with van der Waals surface area (Å²) in [7, 11) is 1.23. The van der Waals surface area contributed by atoms with Crippen LogP contribution in [0.25, 0.3) is 0 Å². The van der Waals surface area contributed by atoms with Crippen LogP contribution in [0.5, 0.6) is 0 Å². The van der Waals surface area contributed by atoms with Gasteiger partial charge >= 0.3 is 0 Å². The molecule has 1 rings (SSSR count). The summed E-state index contributed by atoms with van der Waals surface area (Å²) in [5, 5.41) is 3.12. The summed E-state index contributed by atoms with van der Waals surface area (Å²) in [6.07, 6.45) is 0. The van der Waals surface area contributed by atoms with E-state index in [0.29, 0.717) is 0 Å². The lowest BCUT2D eigenvalue weighted by Crippen LogP contribution is -3.00. The van der Waals surface area contributed by atoms with Gasteiger partial charge in [-0.25, -0.2) is 0 Å². The largest absolute Gasteiger partial charge is 1.00 e. The minimum absolute atomic E-state index is 0. The number of nitrogens with two attached hydrogens (primary N) is 1. The summed E-state index contributed by atoms with van der Waals surface area (Å²) >= 11 is 14.1. The van der Waals surface area contributed by atoms with Crippen LogP contribution in [0.1, 0.15) is 0 Å². The lowest BCUT2D eigenvalue weighted by Gasteiger charge is -2.14. The third-order valence-electron chi connectivity index (χ3n) is 0.630. The fraction of sp³-hybridized carbons (Fsp3) is 0. The highest BCUT2D eigenvalue weighted by Gasteiger charge is 2.24. The molecule has 1 heterocycles. The molecule has 3 N–H and O–H groups in total. The first kappa shape index (κ1) is 18.1. The summed E-state index contributed by atoms with van der Waals surface area (Å²) < 4.78 is -2.70. The molecule has 76 valence electrons. The molecule has 0 bridgehead atoms. The summed E-state index contributed by atoms with van der Waals surface area (Å²) in [5.41, 5.74) is 1.73. The maximum Gasteiger partial charge on any atom is 0.204 e. The Bertz CT molecular complexity index is 234. The number of quaternary nitrogens is 1. The molecule has 0 radical (unpaired) electrons. The predicted molar refractivity (Wildman–Crippen MR) is 64.0 cm³/mol. The smallest absolute Gasteiger partial charge is 0.204 e. The Kier molecular flexibility index (Phi) is 10.8. The molecule has 0 unspecified atom stereocenters. The normalized spacial score (nSPS) is 25.0. The van der Waals surface area contributed by atoms with Crippen LogP contribution in [-0.4, -0.2) is 0 Å². The van der Waals surface area contributed by atoms with Gasteiger partial charge in [0.1, 0.15) is 0 Å². The molecule has 0 fully saturated rings. The quantitative estimate of drug-likeness (QED) is 0.243. The molecule has 1 aliphatic rings. The van der Waals surface area contributed by atoms with E-state index in [1.807, 2.05) is 0 Å². The van der Waals surface area contributed by atoms with Gasteiger partial charge in [-0.3, -0.25) is 0 Å². The second kappa shape index (κ2) is 7.16. The van der Waals surface area contributed by atoms with Gasteiger partial charge in [-0.15, -0.1) is 10.7 Å². The van der Waals surface area contributed by atoms with Crippen molar-refractivity contribution in [1.82, 2.24) is 5.20 Å². The summed E-state index contributed by atoms with van der Waals surface area (Å²) in [5.74, 6) is 0. The van der Waals surface area contributed by atoms with E-state index < -0.39 is 8.25 Å². The Hall–Kier alpha value is 3.76. The molecular formula is H3Br6N3P3-. The first-order valence-electron chi connectivity index (χ1n) is 2.05. The zero-order chi connectivity index (χ0) is 7.83. The van der Waals surface area contributed by atoms with E-state index in [9.17, 15) is 0 Å². The van der Waals surface area contributed by atoms with Crippen LogP contribution in [0.4, 0.5) is 0 Å². The first-order chi connectivity index (χ1) is 4.41. The Morgan fingerprint density at radius 2 is 1.67 bits per heavy atom. The van der Waals surface area contributed by atoms with E-state index >= 15 is 0 Å². The zero-order valence-corrected chi connectivity index (χ0v) is 17.3. The number of nitrogens with zero attached hydrogens (tertiary/aromatic N) is 1. The van der Waals surface area contributed by atoms with Gasteiger partial charge in [-0.1, -0.05) is 4.85 Å². The number of hydrogen-bond acceptors (Lipinski definition) is 2. The van der Waals surface area contributed by atoms with Gasteiger partial charge < -0.3 is 34.0 Å². The van der Waals surface area contributed by atoms with Crippen molar-refractivity contribution < 1.29 is 39.5 Å². The summed E-state index contributed by atoms with van der Waals surface area (Å²) in [4.78, 5) is 4.22. The van der Waals surface area contributed by atoms with Crippen molar-refractivity contribution in [3.63, 3.8) is 0 Å². The molecule has 1 aliphatic heterocycles. The number of rotatable bonds is 0. The number of halogens is 6. The maximum absolute atomic E-state index is 4.22. The summed E-state index contributed by atoms with van der Waals surface area (Å²) in [6.45, 7) is 0. The Morgan fingerprint density at radius 1 is 1.17 bits per heavy atom. The lowest BCUT2D eigenvalue weighted by atomic mass is 12.6. The summed E-state index contributed by atoms with van der Waals surface area (Å²) in [6, 6.07) is 0. The van der Waals surface area contributed by atoms with Crippen LogP contribution in [0, 0.1) is 0 Å². The molecule has 0 aromatic rings. The van der Waals surface area contributed by atoms with E-state index in [4.69, 9.17) is 0 Å².